The predicted molar refractivity (Wildman–Crippen MR) is 90.5 cm³/mol. The molecule has 0 aliphatic carbocycles. The lowest BCUT2D eigenvalue weighted by atomic mass is 10.0. The van der Waals surface area contributed by atoms with E-state index in [9.17, 15) is 9.59 Å². The third-order valence-electron chi connectivity index (χ3n) is 3.87. The Hall–Kier alpha value is -2.82. The molecule has 0 saturated carbocycles. The van der Waals surface area contributed by atoms with Gasteiger partial charge in [-0.05, 0) is 43.7 Å². The summed E-state index contributed by atoms with van der Waals surface area (Å²) in [5.41, 5.74) is 2.56. The molecule has 1 aliphatic heterocycles. The van der Waals surface area contributed by atoms with Crippen LogP contribution in [0.5, 0.6) is 5.75 Å². The molecule has 5 heteroatoms. The fourth-order valence-electron chi connectivity index (χ4n) is 2.80. The molecule has 0 saturated heterocycles. The molecule has 2 aromatic carbocycles. The summed E-state index contributed by atoms with van der Waals surface area (Å²) in [5.74, 6) is -0.139. The maximum atomic E-state index is 12.7. The van der Waals surface area contributed by atoms with Gasteiger partial charge in [-0.25, -0.2) is 4.79 Å². The highest BCUT2D eigenvalue weighted by atomic mass is 16.5. The first kappa shape index (κ1) is 16.1. The van der Waals surface area contributed by atoms with E-state index in [-0.39, 0.29) is 12.5 Å². The Morgan fingerprint density at radius 2 is 1.88 bits per heavy atom. The summed E-state index contributed by atoms with van der Waals surface area (Å²) in [6.45, 7) is 4.71. The molecule has 0 N–H and O–H groups in total. The first-order chi connectivity index (χ1) is 11.7. The number of fused-ring (bicyclic) bond motifs is 1. The van der Waals surface area contributed by atoms with Crippen LogP contribution in [0.2, 0.25) is 0 Å². The van der Waals surface area contributed by atoms with Crippen molar-refractivity contribution < 1.29 is 19.1 Å². The van der Waals surface area contributed by atoms with Gasteiger partial charge in [0.15, 0.2) is 0 Å². The van der Waals surface area contributed by atoms with Crippen LogP contribution in [0.25, 0.3) is 0 Å². The summed E-state index contributed by atoms with van der Waals surface area (Å²) < 4.78 is 10.6. The number of para-hydroxylation sites is 1. The molecular formula is C19H19NO4. The van der Waals surface area contributed by atoms with E-state index in [1.807, 2.05) is 37.3 Å². The molecule has 0 radical (unpaired) electrons. The van der Waals surface area contributed by atoms with Crippen molar-refractivity contribution in [1.82, 2.24) is 0 Å². The summed E-state index contributed by atoms with van der Waals surface area (Å²) in [6.07, 6.45) is 0. The molecule has 0 spiro atoms. The van der Waals surface area contributed by atoms with Crippen LogP contribution >= 0.6 is 0 Å². The van der Waals surface area contributed by atoms with Gasteiger partial charge in [-0.1, -0.05) is 18.2 Å². The number of rotatable bonds is 5. The minimum absolute atomic E-state index is 0.0902. The number of nitrogens with zero attached hydrogens (tertiary/aromatic N) is 1. The lowest BCUT2D eigenvalue weighted by Crippen LogP contribution is -2.22. The Labute approximate surface area is 140 Å². The quantitative estimate of drug-likeness (QED) is 0.790. The molecule has 1 heterocycles. The normalized spacial score (nSPS) is 12.9. The van der Waals surface area contributed by atoms with Crippen LogP contribution in [0, 0.1) is 0 Å². The number of carbonyl (C=O) groups excluding carboxylic acids is 2. The summed E-state index contributed by atoms with van der Waals surface area (Å²) >= 11 is 0. The van der Waals surface area contributed by atoms with Gasteiger partial charge < -0.3 is 14.4 Å². The van der Waals surface area contributed by atoms with Gasteiger partial charge in [-0.3, -0.25) is 4.79 Å². The SMILES string of the molecule is CCOC(=O)c1cc2c(cc1OCC)C(=O)N(c1ccccc1)C2. The van der Waals surface area contributed by atoms with Crippen molar-refractivity contribution in [2.24, 2.45) is 0 Å². The van der Waals surface area contributed by atoms with Crippen molar-refractivity contribution in [2.45, 2.75) is 20.4 Å². The first-order valence-corrected chi connectivity index (χ1v) is 7.99. The number of esters is 1. The highest BCUT2D eigenvalue weighted by Crippen LogP contribution is 2.33. The van der Waals surface area contributed by atoms with Crippen molar-refractivity contribution in [2.75, 3.05) is 18.1 Å². The van der Waals surface area contributed by atoms with Crippen LogP contribution in [0.3, 0.4) is 0 Å². The van der Waals surface area contributed by atoms with Gasteiger partial charge in [0.05, 0.1) is 19.8 Å². The number of benzene rings is 2. The molecule has 1 amide bonds. The maximum Gasteiger partial charge on any atom is 0.341 e. The molecular weight excluding hydrogens is 306 g/mol. The molecule has 1 aliphatic rings. The first-order valence-electron chi connectivity index (χ1n) is 7.99. The third kappa shape index (κ3) is 2.85. The Morgan fingerprint density at radius 3 is 2.54 bits per heavy atom. The average molecular weight is 325 g/mol. The van der Waals surface area contributed by atoms with Gasteiger partial charge in [0.1, 0.15) is 11.3 Å². The van der Waals surface area contributed by atoms with Gasteiger partial charge in [0.2, 0.25) is 0 Å². The van der Waals surface area contributed by atoms with Crippen LogP contribution in [-0.2, 0) is 11.3 Å². The number of carbonyl (C=O) groups is 2. The smallest absolute Gasteiger partial charge is 0.341 e. The third-order valence-corrected chi connectivity index (χ3v) is 3.87. The zero-order valence-electron chi connectivity index (χ0n) is 13.7. The van der Waals surface area contributed by atoms with Crippen molar-refractivity contribution in [3.63, 3.8) is 0 Å². The Kier molecular flexibility index (Phi) is 4.51. The lowest BCUT2D eigenvalue weighted by molar-refractivity contribution is 0.0521. The van der Waals surface area contributed by atoms with E-state index < -0.39 is 5.97 Å². The number of ether oxygens (including phenoxy) is 2. The van der Waals surface area contributed by atoms with Crippen LogP contribution in [-0.4, -0.2) is 25.1 Å². The van der Waals surface area contributed by atoms with Crippen molar-refractivity contribution >= 4 is 17.6 Å². The zero-order valence-corrected chi connectivity index (χ0v) is 13.7. The fraction of sp³-hybridized carbons (Fsp3) is 0.263. The van der Waals surface area contributed by atoms with Crippen molar-refractivity contribution in [3.05, 3.63) is 59.2 Å². The van der Waals surface area contributed by atoms with Gasteiger partial charge in [0.25, 0.3) is 5.91 Å². The van der Waals surface area contributed by atoms with Crippen LogP contribution in [0.15, 0.2) is 42.5 Å². The molecule has 0 aromatic heterocycles. The number of hydrogen-bond acceptors (Lipinski definition) is 4. The van der Waals surface area contributed by atoms with E-state index in [0.717, 1.165) is 11.3 Å². The Bertz CT molecular complexity index is 770. The van der Waals surface area contributed by atoms with E-state index in [2.05, 4.69) is 0 Å². The topological polar surface area (TPSA) is 55.8 Å². The van der Waals surface area contributed by atoms with Gasteiger partial charge in [-0.15, -0.1) is 0 Å². The van der Waals surface area contributed by atoms with Gasteiger partial charge in [-0.2, -0.15) is 0 Å². The predicted octanol–water partition coefficient (Wildman–Crippen LogP) is 3.42. The Balaban J connectivity index is 2.00. The van der Waals surface area contributed by atoms with Crippen molar-refractivity contribution in [1.29, 1.82) is 0 Å². The maximum absolute atomic E-state index is 12.7. The molecule has 3 rings (SSSR count). The van der Waals surface area contributed by atoms with E-state index in [0.29, 0.717) is 30.0 Å². The van der Waals surface area contributed by atoms with Gasteiger partial charge in [0, 0.05) is 11.3 Å². The molecule has 24 heavy (non-hydrogen) atoms. The summed E-state index contributed by atoms with van der Waals surface area (Å²) in [4.78, 5) is 26.6. The molecule has 5 nitrogen and oxygen atoms in total. The molecule has 124 valence electrons. The monoisotopic (exact) mass is 325 g/mol. The number of hydrogen-bond donors (Lipinski definition) is 0. The molecule has 2 aromatic rings. The largest absolute Gasteiger partial charge is 0.493 e. The van der Waals surface area contributed by atoms with E-state index in [4.69, 9.17) is 9.47 Å². The van der Waals surface area contributed by atoms with E-state index in [1.165, 1.54) is 0 Å². The van der Waals surface area contributed by atoms with Crippen LogP contribution < -0.4 is 9.64 Å². The van der Waals surface area contributed by atoms with Crippen LogP contribution in [0.1, 0.15) is 40.1 Å². The number of anilines is 1. The highest BCUT2D eigenvalue weighted by molar-refractivity contribution is 6.11. The highest BCUT2D eigenvalue weighted by Gasteiger charge is 2.31. The standard InChI is InChI=1S/C19H19NO4/c1-3-23-17-11-15-13(10-16(17)19(22)24-4-2)12-20(18(15)21)14-8-6-5-7-9-14/h5-11H,3-4,12H2,1-2H3. The van der Waals surface area contributed by atoms with Gasteiger partial charge >= 0.3 is 5.97 Å². The molecule has 0 bridgehead atoms. The van der Waals surface area contributed by atoms with E-state index >= 15 is 0 Å². The zero-order chi connectivity index (χ0) is 17.1. The average Bonchev–Trinajstić information content (AvgIpc) is 2.92. The number of amides is 1. The summed E-state index contributed by atoms with van der Waals surface area (Å²) in [7, 11) is 0. The second-order valence-electron chi connectivity index (χ2n) is 5.39. The van der Waals surface area contributed by atoms with E-state index in [1.54, 1.807) is 24.0 Å². The summed E-state index contributed by atoms with van der Waals surface area (Å²) in [5, 5.41) is 0. The second kappa shape index (κ2) is 6.74. The second-order valence-corrected chi connectivity index (χ2v) is 5.39. The minimum atomic E-state index is -0.436. The fourth-order valence-corrected chi connectivity index (χ4v) is 2.80. The molecule has 0 unspecified atom stereocenters. The molecule has 0 fully saturated rings. The summed E-state index contributed by atoms with van der Waals surface area (Å²) in [6, 6.07) is 12.8. The lowest BCUT2D eigenvalue weighted by Gasteiger charge is -2.15. The van der Waals surface area contributed by atoms with Crippen molar-refractivity contribution in [3.8, 4) is 5.75 Å². The van der Waals surface area contributed by atoms with Crippen LogP contribution in [0.4, 0.5) is 5.69 Å². The molecule has 0 atom stereocenters. The Morgan fingerprint density at radius 1 is 1.12 bits per heavy atom. The minimum Gasteiger partial charge on any atom is -0.493 e.